The molecule has 0 radical (unpaired) electrons. The molecule has 0 unspecified atom stereocenters. The molecule has 0 spiro atoms. The fraction of sp³-hybridized carbons (Fsp3) is 0.833. The van der Waals surface area contributed by atoms with Gasteiger partial charge in [-0.3, -0.25) is 0 Å². The number of carbonyl (C=O) groups excluding carboxylic acids is 1. The summed E-state index contributed by atoms with van der Waals surface area (Å²) in [6.45, 7) is 2.30. The molecular formula is C12H22N2O4. The molecule has 0 aromatic carbocycles. The number of rotatable bonds is 7. The number of nitrogens with one attached hydrogen (secondary N) is 2. The lowest BCUT2D eigenvalue weighted by Gasteiger charge is -2.40. The molecule has 1 saturated carbocycles. The summed E-state index contributed by atoms with van der Waals surface area (Å²) >= 11 is 0. The van der Waals surface area contributed by atoms with E-state index in [0.29, 0.717) is 19.4 Å². The van der Waals surface area contributed by atoms with E-state index < -0.39 is 18.0 Å². The third kappa shape index (κ3) is 3.87. The Morgan fingerprint density at radius 3 is 2.50 bits per heavy atom. The van der Waals surface area contributed by atoms with Crippen LogP contribution in [0, 0.1) is 0 Å². The fourth-order valence-corrected chi connectivity index (χ4v) is 2.02. The Hall–Kier alpha value is -1.30. The van der Waals surface area contributed by atoms with Crippen LogP contribution in [0.2, 0.25) is 0 Å². The number of carboxylic acid groups (broad SMARTS) is 1. The van der Waals surface area contributed by atoms with Crippen molar-refractivity contribution in [2.45, 2.75) is 50.7 Å². The summed E-state index contributed by atoms with van der Waals surface area (Å²) in [5.41, 5.74) is -0.249. The van der Waals surface area contributed by atoms with Crippen LogP contribution in [0.15, 0.2) is 0 Å². The Morgan fingerprint density at radius 1 is 1.44 bits per heavy atom. The molecule has 18 heavy (non-hydrogen) atoms. The van der Waals surface area contributed by atoms with E-state index in [1.54, 1.807) is 7.11 Å². The molecule has 1 rings (SSSR count). The van der Waals surface area contributed by atoms with Crippen molar-refractivity contribution in [3.05, 3.63) is 0 Å². The number of carboxylic acids is 1. The predicted molar refractivity (Wildman–Crippen MR) is 66.5 cm³/mol. The molecule has 0 aromatic heterocycles. The number of aliphatic carboxylic acids is 1. The van der Waals surface area contributed by atoms with Crippen molar-refractivity contribution in [1.29, 1.82) is 0 Å². The van der Waals surface area contributed by atoms with E-state index >= 15 is 0 Å². The zero-order valence-electron chi connectivity index (χ0n) is 11.0. The third-order valence-electron chi connectivity index (χ3n) is 3.45. The number of methoxy groups -OCH3 is 1. The van der Waals surface area contributed by atoms with Crippen molar-refractivity contribution in [1.82, 2.24) is 10.6 Å². The van der Waals surface area contributed by atoms with Crippen LogP contribution >= 0.6 is 0 Å². The summed E-state index contributed by atoms with van der Waals surface area (Å²) in [6, 6.07) is -1.27. The van der Waals surface area contributed by atoms with E-state index in [9.17, 15) is 9.59 Å². The number of carbonyl (C=O) groups is 2. The molecule has 104 valence electrons. The smallest absolute Gasteiger partial charge is 0.326 e. The van der Waals surface area contributed by atoms with Crippen LogP contribution in [0.3, 0.4) is 0 Å². The maximum absolute atomic E-state index is 11.6. The molecule has 3 N–H and O–H groups in total. The third-order valence-corrected chi connectivity index (χ3v) is 3.45. The van der Waals surface area contributed by atoms with Gasteiger partial charge < -0.3 is 20.5 Å². The highest BCUT2D eigenvalue weighted by Crippen LogP contribution is 2.34. The van der Waals surface area contributed by atoms with Crippen molar-refractivity contribution >= 4 is 12.0 Å². The number of hydrogen-bond acceptors (Lipinski definition) is 3. The molecule has 1 aliphatic rings. The van der Waals surface area contributed by atoms with Crippen molar-refractivity contribution < 1.29 is 19.4 Å². The molecular weight excluding hydrogens is 236 g/mol. The molecule has 2 amide bonds. The summed E-state index contributed by atoms with van der Waals surface area (Å²) in [5.74, 6) is -1.00. The Balaban J connectivity index is 2.33. The van der Waals surface area contributed by atoms with Crippen LogP contribution in [0.1, 0.15) is 39.0 Å². The molecule has 0 aromatic rings. The van der Waals surface area contributed by atoms with Crippen LogP contribution in [0.4, 0.5) is 4.79 Å². The van der Waals surface area contributed by atoms with Crippen LogP contribution in [0.25, 0.3) is 0 Å². The van der Waals surface area contributed by atoms with Gasteiger partial charge in [0.15, 0.2) is 0 Å². The van der Waals surface area contributed by atoms with E-state index in [1.165, 1.54) is 0 Å². The molecule has 6 heteroatoms. The van der Waals surface area contributed by atoms with Gasteiger partial charge in [-0.2, -0.15) is 0 Å². The number of amides is 2. The minimum absolute atomic E-state index is 0.249. The van der Waals surface area contributed by atoms with Gasteiger partial charge in [0, 0.05) is 13.7 Å². The normalized spacial score (nSPS) is 18.6. The first-order chi connectivity index (χ1) is 8.53. The highest BCUT2D eigenvalue weighted by Gasteiger charge is 2.37. The van der Waals surface area contributed by atoms with Crippen LogP contribution in [0.5, 0.6) is 0 Å². The quantitative estimate of drug-likeness (QED) is 0.638. The second kappa shape index (κ2) is 6.58. The van der Waals surface area contributed by atoms with Gasteiger partial charge in [-0.1, -0.05) is 13.3 Å². The number of ether oxygens (including phenoxy) is 1. The lowest BCUT2D eigenvalue weighted by Crippen LogP contribution is -2.53. The summed E-state index contributed by atoms with van der Waals surface area (Å²) in [4.78, 5) is 22.5. The van der Waals surface area contributed by atoms with E-state index in [0.717, 1.165) is 19.3 Å². The van der Waals surface area contributed by atoms with Crippen molar-refractivity contribution in [2.24, 2.45) is 0 Å². The van der Waals surface area contributed by atoms with Crippen LogP contribution in [-0.4, -0.2) is 42.4 Å². The van der Waals surface area contributed by atoms with E-state index in [2.05, 4.69) is 10.6 Å². The van der Waals surface area contributed by atoms with E-state index in [-0.39, 0.29) is 5.60 Å². The molecule has 0 aliphatic heterocycles. The van der Waals surface area contributed by atoms with Crippen molar-refractivity contribution in [3.63, 3.8) is 0 Å². The predicted octanol–water partition coefficient (Wildman–Crippen LogP) is 1.11. The molecule has 1 fully saturated rings. The van der Waals surface area contributed by atoms with Gasteiger partial charge in [-0.05, 0) is 25.7 Å². The largest absolute Gasteiger partial charge is 0.480 e. The van der Waals surface area contributed by atoms with Crippen molar-refractivity contribution in [3.8, 4) is 0 Å². The lowest BCUT2D eigenvalue weighted by molar-refractivity contribution is -0.139. The van der Waals surface area contributed by atoms with Gasteiger partial charge in [0.25, 0.3) is 0 Å². The minimum Gasteiger partial charge on any atom is -0.480 e. The standard InChI is InChI=1S/C12H22N2O4/c1-3-5-9(10(15)16)14-11(17)13-8-12(18-2)6-4-7-12/h9H,3-8H2,1-2H3,(H,15,16)(H2,13,14,17)/t9-/m1/s1. The number of urea groups is 1. The van der Waals surface area contributed by atoms with Gasteiger partial charge in [0.1, 0.15) is 6.04 Å². The Bertz CT molecular complexity index is 297. The summed E-state index contributed by atoms with van der Waals surface area (Å²) in [7, 11) is 1.63. The van der Waals surface area contributed by atoms with E-state index in [1.807, 2.05) is 6.92 Å². The average molecular weight is 258 g/mol. The average Bonchev–Trinajstić information content (AvgIpc) is 2.27. The van der Waals surface area contributed by atoms with Gasteiger partial charge in [0.2, 0.25) is 0 Å². The highest BCUT2D eigenvalue weighted by molar-refractivity contribution is 5.82. The molecule has 0 saturated heterocycles. The highest BCUT2D eigenvalue weighted by atomic mass is 16.5. The van der Waals surface area contributed by atoms with E-state index in [4.69, 9.17) is 9.84 Å². The first-order valence-corrected chi connectivity index (χ1v) is 6.35. The first kappa shape index (κ1) is 14.8. The van der Waals surface area contributed by atoms with Crippen LogP contribution < -0.4 is 10.6 Å². The van der Waals surface area contributed by atoms with Gasteiger partial charge in [0.05, 0.1) is 5.60 Å². The molecule has 0 heterocycles. The molecule has 1 atom stereocenters. The second-order valence-electron chi connectivity index (χ2n) is 4.75. The summed E-state index contributed by atoms with van der Waals surface area (Å²) < 4.78 is 5.37. The SMILES string of the molecule is CCC[C@@H](NC(=O)NCC1(OC)CCC1)C(=O)O. The maximum Gasteiger partial charge on any atom is 0.326 e. The fourth-order valence-electron chi connectivity index (χ4n) is 2.02. The topological polar surface area (TPSA) is 87.7 Å². The minimum atomic E-state index is -1.00. The van der Waals surface area contributed by atoms with Crippen LogP contribution in [-0.2, 0) is 9.53 Å². The monoisotopic (exact) mass is 258 g/mol. The van der Waals surface area contributed by atoms with Gasteiger partial charge in [-0.25, -0.2) is 9.59 Å². The van der Waals surface area contributed by atoms with Gasteiger partial charge in [-0.15, -0.1) is 0 Å². The van der Waals surface area contributed by atoms with Gasteiger partial charge >= 0.3 is 12.0 Å². The second-order valence-corrected chi connectivity index (χ2v) is 4.75. The Morgan fingerprint density at radius 2 is 2.11 bits per heavy atom. The Kier molecular flexibility index (Phi) is 5.40. The Labute approximate surface area is 107 Å². The summed E-state index contributed by atoms with van der Waals surface area (Å²) in [6.07, 6.45) is 4.10. The molecule has 1 aliphatic carbocycles. The lowest BCUT2D eigenvalue weighted by atomic mass is 9.80. The first-order valence-electron chi connectivity index (χ1n) is 6.35. The zero-order chi connectivity index (χ0) is 13.6. The van der Waals surface area contributed by atoms with Crippen molar-refractivity contribution in [2.75, 3.05) is 13.7 Å². The zero-order valence-corrected chi connectivity index (χ0v) is 11.0. The molecule has 6 nitrogen and oxygen atoms in total. The summed E-state index contributed by atoms with van der Waals surface area (Å²) in [5, 5.41) is 14.1. The molecule has 0 bridgehead atoms. The number of hydrogen-bond donors (Lipinski definition) is 3. The maximum atomic E-state index is 11.6.